The lowest BCUT2D eigenvalue weighted by molar-refractivity contribution is 0.550. The summed E-state index contributed by atoms with van der Waals surface area (Å²) in [7, 11) is 1.67. The number of benzene rings is 1. The molecule has 0 unspecified atom stereocenters. The summed E-state index contributed by atoms with van der Waals surface area (Å²) in [5.74, 6) is 0. The molecule has 0 fully saturated rings. The van der Waals surface area contributed by atoms with Gasteiger partial charge in [0.1, 0.15) is 12.0 Å². The Bertz CT molecular complexity index is 396. The van der Waals surface area contributed by atoms with E-state index in [1.807, 2.05) is 36.4 Å². The molecule has 0 atom stereocenters. The topological polar surface area (TPSA) is 42.2 Å². The second kappa shape index (κ2) is 6.43. The quantitative estimate of drug-likeness (QED) is 0.773. The molecule has 1 aromatic heterocycles. The fourth-order valence-electron chi connectivity index (χ4n) is 0.923. The van der Waals surface area contributed by atoms with E-state index in [2.05, 4.69) is 5.32 Å². The van der Waals surface area contributed by atoms with E-state index < -0.39 is 0 Å². The van der Waals surface area contributed by atoms with Crippen molar-refractivity contribution in [2.24, 2.45) is 0 Å². The highest BCUT2D eigenvalue weighted by atomic mass is 16.3. The molecule has 0 amide bonds. The monoisotopic (exact) mass is 203 g/mol. The van der Waals surface area contributed by atoms with Gasteiger partial charge in [0, 0.05) is 13.1 Å². The Hall–Kier alpha value is -2.03. The normalized spacial score (nSPS) is 8.60. The van der Waals surface area contributed by atoms with Gasteiger partial charge in [-0.15, -0.1) is 0 Å². The van der Waals surface area contributed by atoms with Gasteiger partial charge in [0.2, 0.25) is 5.43 Å². The Morgan fingerprint density at radius 1 is 1.07 bits per heavy atom. The lowest BCUT2D eigenvalue weighted by Gasteiger charge is -1.92. The molecule has 1 heterocycles. The molecule has 3 heteroatoms. The summed E-state index contributed by atoms with van der Waals surface area (Å²) in [5.41, 5.74) is 0.432. The van der Waals surface area contributed by atoms with Gasteiger partial charge in [-0.25, -0.2) is 0 Å². The van der Waals surface area contributed by atoms with Crippen molar-refractivity contribution in [3.63, 3.8) is 0 Å². The first kappa shape index (κ1) is 11.0. The Labute approximate surface area is 88.4 Å². The summed E-state index contributed by atoms with van der Waals surface area (Å²) in [6.07, 6.45) is 2.73. The molecule has 1 aromatic carbocycles. The molecular formula is C12H13NO2. The minimum Gasteiger partial charge on any atom is -0.470 e. The summed E-state index contributed by atoms with van der Waals surface area (Å²) >= 11 is 0. The number of hydrogen-bond donors (Lipinski definition) is 1. The Morgan fingerprint density at radius 3 is 1.93 bits per heavy atom. The van der Waals surface area contributed by atoms with Crippen molar-refractivity contribution in [3.05, 3.63) is 65.2 Å². The van der Waals surface area contributed by atoms with Gasteiger partial charge >= 0.3 is 0 Å². The number of nitrogens with one attached hydrogen (secondary N) is 1. The highest BCUT2D eigenvalue weighted by Gasteiger charge is 1.91. The van der Waals surface area contributed by atoms with Crippen LogP contribution in [-0.2, 0) is 0 Å². The van der Waals surface area contributed by atoms with E-state index in [1.54, 1.807) is 7.05 Å². The maximum Gasteiger partial charge on any atom is 0.207 e. The Balaban J connectivity index is 0.000000162. The van der Waals surface area contributed by atoms with Gasteiger partial charge in [-0.3, -0.25) is 4.79 Å². The molecule has 1 N–H and O–H groups in total. The van der Waals surface area contributed by atoms with E-state index >= 15 is 0 Å². The predicted octanol–water partition coefficient (Wildman–Crippen LogP) is 2.37. The molecule has 0 bridgehead atoms. The van der Waals surface area contributed by atoms with E-state index in [0.717, 1.165) is 0 Å². The van der Waals surface area contributed by atoms with Crippen LogP contribution in [0.1, 0.15) is 0 Å². The van der Waals surface area contributed by atoms with Crippen LogP contribution in [0.5, 0.6) is 0 Å². The minimum atomic E-state index is -0.0521. The number of hydrogen-bond acceptors (Lipinski definition) is 3. The molecule has 0 spiro atoms. The van der Waals surface area contributed by atoms with Gasteiger partial charge in [-0.1, -0.05) is 36.4 Å². The zero-order chi connectivity index (χ0) is 10.9. The summed E-state index contributed by atoms with van der Waals surface area (Å²) in [6.45, 7) is 0. The highest BCUT2D eigenvalue weighted by Crippen LogP contribution is 1.93. The predicted molar refractivity (Wildman–Crippen MR) is 61.0 cm³/mol. The zero-order valence-corrected chi connectivity index (χ0v) is 8.51. The van der Waals surface area contributed by atoms with Crippen molar-refractivity contribution in [1.29, 1.82) is 0 Å². The van der Waals surface area contributed by atoms with Crippen LogP contribution in [0, 0.1) is 0 Å². The number of rotatable bonds is 1. The van der Waals surface area contributed by atoms with Crippen LogP contribution < -0.4 is 10.7 Å². The Kier molecular flexibility index (Phi) is 4.73. The van der Waals surface area contributed by atoms with Crippen molar-refractivity contribution in [2.75, 3.05) is 12.4 Å². The summed E-state index contributed by atoms with van der Waals surface area (Å²) in [6, 6.07) is 13.4. The fourth-order valence-corrected chi connectivity index (χ4v) is 0.923. The van der Waals surface area contributed by atoms with E-state index in [4.69, 9.17) is 4.42 Å². The van der Waals surface area contributed by atoms with Crippen LogP contribution in [0.4, 0.5) is 5.69 Å². The Morgan fingerprint density at radius 2 is 1.60 bits per heavy atom. The van der Waals surface area contributed by atoms with Gasteiger partial charge in [0.25, 0.3) is 0 Å². The summed E-state index contributed by atoms with van der Waals surface area (Å²) < 4.78 is 4.72. The minimum absolute atomic E-state index is 0.0521. The van der Waals surface area contributed by atoms with Crippen molar-refractivity contribution < 1.29 is 4.42 Å². The standard InChI is InChI=1S/C6H7NO2.C6H6/c1-7-5-4-9-3-2-6(5)8;1-2-4-6-5-3-1/h2-4,7H,1H3;1-6H. The summed E-state index contributed by atoms with van der Waals surface area (Å²) in [5, 5.41) is 2.69. The second-order valence-corrected chi connectivity index (χ2v) is 2.74. The van der Waals surface area contributed by atoms with Gasteiger partial charge in [0.05, 0.1) is 6.26 Å². The molecule has 3 nitrogen and oxygen atoms in total. The third-order valence-corrected chi connectivity index (χ3v) is 1.69. The number of anilines is 1. The highest BCUT2D eigenvalue weighted by molar-refractivity contribution is 5.37. The van der Waals surface area contributed by atoms with E-state index in [0.29, 0.717) is 5.69 Å². The molecule has 0 saturated carbocycles. The zero-order valence-electron chi connectivity index (χ0n) is 8.51. The maximum absolute atomic E-state index is 10.7. The van der Waals surface area contributed by atoms with Crippen molar-refractivity contribution >= 4 is 5.69 Å². The van der Waals surface area contributed by atoms with Crippen LogP contribution in [0.3, 0.4) is 0 Å². The van der Waals surface area contributed by atoms with Crippen molar-refractivity contribution in [2.45, 2.75) is 0 Å². The van der Waals surface area contributed by atoms with Crippen LogP contribution in [0.25, 0.3) is 0 Å². The van der Waals surface area contributed by atoms with Gasteiger partial charge < -0.3 is 9.73 Å². The molecule has 0 aliphatic carbocycles. The van der Waals surface area contributed by atoms with Gasteiger partial charge in [-0.05, 0) is 0 Å². The van der Waals surface area contributed by atoms with E-state index in [9.17, 15) is 4.79 Å². The van der Waals surface area contributed by atoms with Crippen LogP contribution in [0.2, 0.25) is 0 Å². The first-order valence-electron chi connectivity index (χ1n) is 4.59. The first-order valence-corrected chi connectivity index (χ1v) is 4.59. The SMILES string of the molecule is CNc1coccc1=O.c1ccccc1. The molecule has 0 radical (unpaired) electrons. The molecule has 2 rings (SSSR count). The smallest absolute Gasteiger partial charge is 0.207 e. The van der Waals surface area contributed by atoms with Gasteiger partial charge in [-0.2, -0.15) is 0 Å². The lowest BCUT2D eigenvalue weighted by Crippen LogP contribution is -2.04. The average Bonchev–Trinajstić information content (AvgIpc) is 2.33. The average molecular weight is 203 g/mol. The van der Waals surface area contributed by atoms with E-state index in [1.165, 1.54) is 18.6 Å². The largest absolute Gasteiger partial charge is 0.470 e. The van der Waals surface area contributed by atoms with Crippen LogP contribution in [0.15, 0.2) is 64.2 Å². The fraction of sp³-hybridized carbons (Fsp3) is 0.0833. The molecule has 78 valence electrons. The third kappa shape index (κ3) is 4.13. The summed E-state index contributed by atoms with van der Waals surface area (Å²) in [4.78, 5) is 10.7. The van der Waals surface area contributed by atoms with Gasteiger partial charge in [0.15, 0.2) is 0 Å². The molecule has 15 heavy (non-hydrogen) atoms. The molecule has 0 aliphatic rings. The van der Waals surface area contributed by atoms with E-state index in [-0.39, 0.29) is 5.43 Å². The van der Waals surface area contributed by atoms with Crippen LogP contribution in [-0.4, -0.2) is 7.05 Å². The lowest BCUT2D eigenvalue weighted by atomic mass is 10.4. The molecule has 0 aliphatic heterocycles. The maximum atomic E-state index is 10.7. The molecule has 0 saturated heterocycles. The second-order valence-electron chi connectivity index (χ2n) is 2.74. The van der Waals surface area contributed by atoms with Crippen molar-refractivity contribution in [1.82, 2.24) is 0 Å². The third-order valence-electron chi connectivity index (χ3n) is 1.69. The first-order chi connectivity index (χ1) is 7.34. The van der Waals surface area contributed by atoms with Crippen LogP contribution >= 0.6 is 0 Å². The van der Waals surface area contributed by atoms with Crippen molar-refractivity contribution in [3.8, 4) is 0 Å². The molecule has 2 aromatic rings. The molecular weight excluding hydrogens is 190 g/mol.